The zero-order chi connectivity index (χ0) is 19.8. The van der Waals surface area contributed by atoms with Gasteiger partial charge in [0.15, 0.2) is 0 Å². The average Bonchev–Trinajstić information content (AvgIpc) is 2.58. The van der Waals surface area contributed by atoms with Crippen LogP contribution in [-0.4, -0.2) is 12.2 Å². The molecule has 2 N–H and O–H groups in total. The van der Waals surface area contributed by atoms with E-state index in [4.69, 9.17) is 26.8 Å². The maximum Gasteiger partial charge on any atom is 0.405 e. The van der Waals surface area contributed by atoms with Gasteiger partial charge in [-0.05, 0) is 61.1 Å². The summed E-state index contributed by atoms with van der Waals surface area (Å²) in [4.78, 5) is 11.4. The Morgan fingerprint density at radius 1 is 1.19 bits per heavy atom. The van der Waals surface area contributed by atoms with Gasteiger partial charge in [0.1, 0.15) is 11.9 Å². The number of carbonyl (C=O) groups is 1. The van der Waals surface area contributed by atoms with E-state index in [1.807, 2.05) is 44.2 Å². The van der Waals surface area contributed by atoms with Crippen molar-refractivity contribution in [2.75, 3.05) is 0 Å². The normalized spacial score (nSPS) is 18.1. The minimum atomic E-state index is -0.738. The molecular weight excluding hydrogens is 362 g/mol. The summed E-state index contributed by atoms with van der Waals surface area (Å²) in [5.41, 5.74) is 9.45. The average molecular weight is 388 g/mol. The zero-order valence-corrected chi connectivity index (χ0v) is 17.0. The van der Waals surface area contributed by atoms with Gasteiger partial charge in [-0.25, -0.2) is 4.79 Å². The van der Waals surface area contributed by atoms with Crippen molar-refractivity contribution in [1.29, 1.82) is 0 Å². The molecule has 0 heterocycles. The Kier molecular flexibility index (Phi) is 5.38. The van der Waals surface area contributed by atoms with E-state index in [9.17, 15) is 4.79 Å². The van der Waals surface area contributed by atoms with Crippen molar-refractivity contribution < 1.29 is 14.3 Å². The van der Waals surface area contributed by atoms with Crippen LogP contribution in [0.5, 0.6) is 5.75 Å². The van der Waals surface area contributed by atoms with Crippen LogP contribution in [0.2, 0.25) is 5.02 Å². The maximum atomic E-state index is 11.4. The number of hydrogen-bond acceptors (Lipinski definition) is 3. The lowest BCUT2D eigenvalue weighted by Gasteiger charge is -2.39. The number of halogens is 1. The molecule has 0 aromatic heterocycles. The van der Waals surface area contributed by atoms with Crippen molar-refractivity contribution >= 4 is 17.7 Å². The van der Waals surface area contributed by atoms with Crippen LogP contribution in [0.4, 0.5) is 4.79 Å². The highest BCUT2D eigenvalue weighted by Gasteiger charge is 2.38. The fraction of sp³-hybridized carbons (Fsp3) is 0.409. The monoisotopic (exact) mass is 387 g/mol. The quantitative estimate of drug-likeness (QED) is 0.709. The first-order valence-corrected chi connectivity index (χ1v) is 9.60. The van der Waals surface area contributed by atoms with Crippen LogP contribution in [-0.2, 0) is 11.2 Å². The molecule has 4 nitrogen and oxygen atoms in total. The molecule has 1 aliphatic carbocycles. The fourth-order valence-electron chi connectivity index (χ4n) is 3.64. The van der Waals surface area contributed by atoms with E-state index in [2.05, 4.69) is 19.9 Å². The number of nitrogens with two attached hydrogens (primary N) is 1. The minimum Gasteiger partial charge on any atom is -0.489 e. The zero-order valence-electron chi connectivity index (χ0n) is 16.2. The number of amides is 1. The number of rotatable bonds is 4. The lowest BCUT2D eigenvalue weighted by molar-refractivity contribution is 0.0147. The highest BCUT2D eigenvalue weighted by molar-refractivity contribution is 6.32. The SMILES string of the molecule is CC(C)Oc1ccc(-c2ccc3c(c2)CCC(C)(C)C3OC(N)=O)cc1Cl. The van der Waals surface area contributed by atoms with Crippen LogP contribution in [0.3, 0.4) is 0 Å². The van der Waals surface area contributed by atoms with Crippen LogP contribution >= 0.6 is 11.6 Å². The highest BCUT2D eigenvalue weighted by Crippen LogP contribution is 2.46. The molecule has 0 fully saturated rings. The first-order valence-electron chi connectivity index (χ1n) is 9.23. The fourth-order valence-corrected chi connectivity index (χ4v) is 3.86. The van der Waals surface area contributed by atoms with Crippen molar-refractivity contribution in [3.8, 4) is 16.9 Å². The van der Waals surface area contributed by atoms with Crippen molar-refractivity contribution in [3.05, 3.63) is 52.5 Å². The van der Waals surface area contributed by atoms with Crippen molar-refractivity contribution in [2.24, 2.45) is 11.1 Å². The summed E-state index contributed by atoms with van der Waals surface area (Å²) < 4.78 is 11.2. The number of carbonyl (C=O) groups excluding carboxylic acids is 1. The van der Waals surface area contributed by atoms with Gasteiger partial charge in [0.05, 0.1) is 11.1 Å². The Bertz CT molecular complexity index is 861. The van der Waals surface area contributed by atoms with Gasteiger partial charge in [0.25, 0.3) is 0 Å². The van der Waals surface area contributed by atoms with E-state index in [1.165, 1.54) is 5.56 Å². The Balaban J connectivity index is 1.95. The van der Waals surface area contributed by atoms with Crippen molar-refractivity contribution in [2.45, 2.75) is 52.7 Å². The molecule has 0 saturated carbocycles. The molecule has 144 valence electrons. The van der Waals surface area contributed by atoms with Crippen LogP contribution < -0.4 is 10.5 Å². The number of ether oxygens (including phenoxy) is 2. The molecule has 0 saturated heterocycles. The Hall–Kier alpha value is -2.20. The molecule has 2 aromatic carbocycles. The summed E-state index contributed by atoms with van der Waals surface area (Å²) in [6.07, 6.45) is 0.846. The predicted molar refractivity (Wildman–Crippen MR) is 108 cm³/mol. The van der Waals surface area contributed by atoms with Gasteiger partial charge in [0.2, 0.25) is 0 Å². The summed E-state index contributed by atoms with van der Waals surface area (Å²) in [6, 6.07) is 12.0. The van der Waals surface area contributed by atoms with Crippen LogP contribution in [0, 0.1) is 5.41 Å². The Labute approximate surface area is 165 Å². The lowest BCUT2D eigenvalue weighted by atomic mass is 9.71. The van der Waals surface area contributed by atoms with Gasteiger partial charge in [-0.15, -0.1) is 0 Å². The van der Waals surface area contributed by atoms with E-state index >= 15 is 0 Å². The first-order chi connectivity index (χ1) is 12.7. The van der Waals surface area contributed by atoms with Gasteiger partial charge >= 0.3 is 6.09 Å². The number of aryl methyl sites for hydroxylation is 1. The predicted octanol–water partition coefficient (Wildman–Crippen LogP) is 5.90. The molecule has 1 atom stereocenters. The van der Waals surface area contributed by atoms with Gasteiger partial charge in [-0.1, -0.05) is 49.7 Å². The summed E-state index contributed by atoms with van der Waals surface area (Å²) >= 11 is 6.39. The third-order valence-electron chi connectivity index (χ3n) is 5.04. The molecule has 0 radical (unpaired) electrons. The summed E-state index contributed by atoms with van der Waals surface area (Å²) in [5.74, 6) is 0.685. The standard InChI is InChI=1S/C22H26ClNO3/c1-13(2)26-19-8-6-15(12-18(19)23)14-5-7-17-16(11-14)9-10-22(3,4)20(17)27-21(24)25/h5-8,11-13,20H,9-10H2,1-4H3,(H2,24,25). The smallest absolute Gasteiger partial charge is 0.405 e. The molecule has 1 amide bonds. The van der Waals surface area contributed by atoms with Gasteiger partial charge < -0.3 is 15.2 Å². The Morgan fingerprint density at radius 2 is 1.85 bits per heavy atom. The second kappa shape index (κ2) is 7.43. The van der Waals surface area contributed by atoms with Gasteiger partial charge in [-0.2, -0.15) is 0 Å². The maximum absolute atomic E-state index is 11.4. The largest absolute Gasteiger partial charge is 0.489 e. The molecule has 5 heteroatoms. The number of benzene rings is 2. The molecular formula is C22H26ClNO3. The van der Waals surface area contributed by atoms with E-state index in [0.29, 0.717) is 10.8 Å². The molecule has 2 aromatic rings. The number of fused-ring (bicyclic) bond motifs is 1. The van der Waals surface area contributed by atoms with Crippen molar-refractivity contribution in [3.63, 3.8) is 0 Å². The molecule has 0 bridgehead atoms. The number of hydrogen-bond donors (Lipinski definition) is 1. The first kappa shape index (κ1) is 19.6. The molecule has 0 spiro atoms. The molecule has 1 aliphatic rings. The van der Waals surface area contributed by atoms with E-state index in [-0.39, 0.29) is 17.6 Å². The van der Waals surface area contributed by atoms with Crippen molar-refractivity contribution in [1.82, 2.24) is 0 Å². The minimum absolute atomic E-state index is 0.0719. The molecule has 27 heavy (non-hydrogen) atoms. The third kappa shape index (κ3) is 4.22. The molecule has 0 aliphatic heterocycles. The van der Waals surface area contributed by atoms with Crippen LogP contribution in [0.1, 0.15) is 51.3 Å². The second-order valence-electron chi connectivity index (χ2n) is 8.03. The van der Waals surface area contributed by atoms with E-state index in [0.717, 1.165) is 29.5 Å². The second-order valence-corrected chi connectivity index (χ2v) is 8.44. The van der Waals surface area contributed by atoms with E-state index in [1.54, 1.807) is 0 Å². The number of primary amides is 1. The topological polar surface area (TPSA) is 61.6 Å². The van der Waals surface area contributed by atoms with Gasteiger partial charge in [0, 0.05) is 5.41 Å². The van der Waals surface area contributed by atoms with E-state index < -0.39 is 6.09 Å². The highest BCUT2D eigenvalue weighted by atomic mass is 35.5. The van der Waals surface area contributed by atoms with Gasteiger partial charge in [-0.3, -0.25) is 0 Å². The molecule has 1 unspecified atom stereocenters. The third-order valence-corrected chi connectivity index (χ3v) is 5.33. The van der Waals surface area contributed by atoms with Crippen LogP contribution in [0.25, 0.3) is 11.1 Å². The molecule has 3 rings (SSSR count). The Morgan fingerprint density at radius 3 is 2.48 bits per heavy atom. The summed E-state index contributed by atoms with van der Waals surface area (Å²) in [6.45, 7) is 8.15. The summed E-state index contributed by atoms with van der Waals surface area (Å²) in [5, 5.41) is 0.593. The van der Waals surface area contributed by atoms with Crippen LogP contribution in [0.15, 0.2) is 36.4 Å². The summed E-state index contributed by atoms with van der Waals surface area (Å²) in [7, 11) is 0. The lowest BCUT2D eigenvalue weighted by Crippen LogP contribution is -2.33.